The molecule has 0 aliphatic carbocycles. The number of hydrogen-bond donors (Lipinski definition) is 2. The molecule has 3 unspecified atom stereocenters. The molecule has 2 rings (SSSR count). The summed E-state index contributed by atoms with van der Waals surface area (Å²) in [6.45, 7) is 1.17. The van der Waals surface area contributed by atoms with E-state index in [1.807, 2.05) is 0 Å². The van der Waals surface area contributed by atoms with Crippen molar-refractivity contribution in [3.8, 4) is 0 Å². The van der Waals surface area contributed by atoms with Crippen LogP contribution in [0.2, 0.25) is 0 Å². The predicted octanol–water partition coefficient (Wildman–Crippen LogP) is 0.382. The van der Waals surface area contributed by atoms with Crippen LogP contribution in [0.15, 0.2) is 5.28 Å². The molecule has 2 N–H and O–H groups in total. The number of aliphatic hydroxyl groups is 1. The molecule has 2 aliphatic rings. The van der Waals surface area contributed by atoms with E-state index < -0.39 is 40.9 Å². The summed E-state index contributed by atoms with van der Waals surface area (Å²) in [5, 5.41) is 14.5. The molecule has 0 spiro atoms. The minimum absolute atomic E-state index is 0.134. The zero-order valence-electron chi connectivity index (χ0n) is 12.4. The number of halogens is 1. The lowest BCUT2D eigenvalue weighted by atomic mass is 10.0. The van der Waals surface area contributed by atoms with Crippen LogP contribution in [0.1, 0.15) is 13.3 Å². The van der Waals surface area contributed by atoms with Gasteiger partial charge in [0.05, 0.1) is 6.61 Å². The molecule has 0 aromatic carbocycles. The van der Waals surface area contributed by atoms with E-state index in [9.17, 15) is 14.7 Å². The molecule has 2 fully saturated rings. The number of azide groups is 1. The van der Waals surface area contributed by atoms with Crippen molar-refractivity contribution in [2.45, 2.75) is 42.3 Å². The van der Waals surface area contributed by atoms with E-state index in [0.29, 0.717) is 0 Å². The molecular weight excluding hydrogens is 378 g/mol. The van der Waals surface area contributed by atoms with Crippen LogP contribution in [0.5, 0.6) is 0 Å². The Hall–Kier alpha value is -1.59. The van der Waals surface area contributed by atoms with Gasteiger partial charge < -0.3 is 19.4 Å². The highest BCUT2D eigenvalue weighted by Crippen LogP contribution is 2.36. The van der Waals surface area contributed by atoms with Gasteiger partial charge in [-0.05, 0) is 12.5 Å². The van der Waals surface area contributed by atoms with Crippen LogP contribution in [0.25, 0.3) is 10.4 Å². The van der Waals surface area contributed by atoms with Crippen LogP contribution in [0.3, 0.4) is 0 Å². The molecule has 0 saturated carbocycles. The van der Waals surface area contributed by atoms with E-state index in [4.69, 9.17) is 19.8 Å². The molecule has 0 radical (unpaired) electrons. The Bertz CT molecular complexity index is 539. The molecule has 2 aliphatic heterocycles. The smallest absolute Gasteiger partial charge is 0.328 e. The number of aliphatic hydroxyl groups excluding tert-OH is 1. The fourth-order valence-electron chi connectivity index (χ4n) is 2.61. The van der Waals surface area contributed by atoms with Crippen molar-refractivity contribution >= 4 is 27.9 Å². The Morgan fingerprint density at radius 1 is 1.65 bits per heavy atom. The average molecular weight is 394 g/mol. The number of carbonyl (C=O) groups is 2. The SMILES string of the molecule is COC1N([C@H]2CC(ON=[N+]=[N-])[C@@H](CO)O2)C(=O)NC(=O)C1(C)Br. The first-order valence-electron chi connectivity index (χ1n) is 6.68. The lowest BCUT2D eigenvalue weighted by Crippen LogP contribution is -2.69. The van der Waals surface area contributed by atoms with Crippen LogP contribution in [0, 0.1) is 0 Å². The monoisotopic (exact) mass is 393 g/mol. The van der Waals surface area contributed by atoms with Crippen molar-refractivity contribution in [1.29, 1.82) is 0 Å². The fourth-order valence-corrected chi connectivity index (χ4v) is 3.11. The van der Waals surface area contributed by atoms with Crippen molar-refractivity contribution < 1.29 is 29.0 Å². The van der Waals surface area contributed by atoms with Gasteiger partial charge >= 0.3 is 6.03 Å². The number of amides is 3. The maximum Gasteiger partial charge on any atom is 0.328 e. The van der Waals surface area contributed by atoms with E-state index in [1.165, 1.54) is 12.0 Å². The van der Waals surface area contributed by atoms with E-state index in [0.717, 1.165) is 0 Å². The summed E-state index contributed by atoms with van der Waals surface area (Å²) in [6, 6.07) is -0.690. The molecule has 5 atom stereocenters. The summed E-state index contributed by atoms with van der Waals surface area (Å²) < 4.78 is 9.69. The van der Waals surface area contributed by atoms with Crippen molar-refractivity contribution in [2.24, 2.45) is 5.28 Å². The van der Waals surface area contributed by atoms with Gasteiger partial charge in [0, 0.05) is 18.4 Å². The van der Waals surface area contributed by atoms with Gasteiger partial charge in [0.25, 0.3) is 0 Å². The second-order valence-electron chi connectivity index (χ2n) is 5.19. The zero-order valence-corrected chi connectivity index (χ0v) is 14.0. The Labute approximate surface area is 139 Å². The molecule has 0 bridgehead atoms. The van der Waals surface area contributed by atoms with Gasteiger partial charge in [0.15, 0.2) is 6.23 Å². The van der Waals surface area contributed by atoms with Crippen molar-refractivity contribution in [1.82, 2.24) is 10.2 Å². The van der Waals surface area contributed by atoms with Gasteiger partial charge in [-0.3, -0.25) is 15.0 Å². The van der Waals surface area contributed by atoms with Crippen LogP contribution in [-0.2, 0) is 19.1 Å². The van der Waals surface area contributed by atoms with Crippen LogP contribution in [0.4, 0.5) is 4.79 Å². The maximum absolute atomic E-state index is 12.2. The molecule has 11 nitrogen and oxygen atoms in total. The molecule has 128 valence electrons. The molecule has 0 aromatic heterocycles. The normalized spacial score (nSPS) is 37.3. The fraction of sp³-hybridized carbons (Fsp3) is 0.818. The number of methoxy groups -OCH3 is 1. The Kier molecular flexibility index (Phi) is 5.32. The quantitative estimate of drug-likeness (QED) is 0.227. The number of hydrogen-bond acceptors (Lipinski definition) is 7. The first-order valence-corrected chi connectivity index (χ1v) is 7.48. The third-order valence-corrected chi connectivity index (χ3v) is 4.48. The molecule has 12 heteroatoms. The van der Waals surface area contributed by atoms with Crippen LogP contribution in [-0.4, -0.2) is 64.6 Å². The summed E-state index contributed by atoms with van der Waals surface area (Å²) in [5.41, 5.74) is 8.31. The first-order chi connectivity index (χ1) is 10.9. The highest BCUT2D eigenvalue weighted by molar-refractivity contribution is 9.10. The lowest BCUT2D eigenvalue weighted by molar-refractivity contribution is -0.154. The Morgan fingerprint density at radius 2 is 2.35 bits per heavy atom. The van der Waals surface area contributed by atoms with Gasteiger partial charge in [0.1, 0.15) is 28.0 Å². The van der Waals surface area contributed by atoms with Gasteiger partial charge in [-0.25, -0.2) is 4.79 Å². The molecule has 2 heterocycles. The van der Waals surface area contributed by atoms with E-state index in [-0.39, 0.29) is 13.0 Å². The van der Waals surface area contributed by atoms with Crippen molar-refractivity contribution in [2.75, 3.05) is 13.7 Å². The number of rotatable bonds is 5. The molecular formula is C11H16BrN5O6. The summed E-state index contributed by atoms with van der Waals surface area (Å²) in [7, 11) is 1.36. The van der Waals surface area contributed by atoms with Gasteiger partial charge in [-0.2, -0.15) is 0 Å². The largest absolute Gasteiger partial charge is 0.427 e. The molecule has 2 saturated heterocycles. The Morgan fingerprint density at radius 3 is 2.91 bits per heavy atom. The number of nitrogens with zero attached hydrogens (tertiary/aromatic N) is 4. The summed E-state index contributed by atoms with van der Waals surface area (Å²) in [5.74, 6) is -0.538. The second kappa shape index (κ2) is 6.89. The average Bonchev–Trinajstić information content (AvgIpc) is 2.91. The van der Waals surface area contributed by atoms with Gasteiger partial charge in [-0.15, -0.1) is 0 Å². The number of imide groups is 1. The topological polar surface area (TPSA) is 146 Å². The Balaban J connectivity index is 2.23. The van der Waals surface area contributed by atoms with E-state index in [1.54, 1.807) is 6.92 Å². The molecule has 0 aromatic rings. The summed E-state index contributed by atoms with van der Waals surface area (Å²) in [4.78, 5) is 32.7. The second-order valence-corrected chi connectivity index (χ2v) is 6.84. The number of alkyl halides is 1. The highest BCUT2D eigenvalue weighted by Gasteiger charge is 2.54. The predicted molar refractivity (Wildman–Crippen MR) is 77.9 cm³/mol. The van der Waals surface area contributed by atoms with E-state index >= 15 is 0 Å². The maximum atomic E-state index is 12.2. The number of urea groups is 1. The van der Waals surface area contributed by atoms with Gasteiger partial charge in [0.2, 0.25) is 5.91 Å². The number of nitrogens with one attached hydrogen (secondary N) is 1. The third-order valence-electron chi connectivity index (χ3n) is 3.73. The number of ether oxygens (including phenoxy) is 2. The number of carbonyl (C=O) groups excluding carboxylic acids is 2. The highest BCUT2D eigenvalue weighted by atomic mass is 79.9. The van der Waals surface area contributed by atoms with E-state index in [2.05, 4.69) is 31.4 Å². The zero-order chi connectivity index (χ0) is 17.2. The summed E-state index contributed by atoms with van der Waals surface area (Å²) >= 11 is 3.26. The minimum Gasteiger partial charge on any atom is -0.427 e. The third kappa shape index (κ3) is 3.21. The minimum atomic E-state index is -1.18. The summed E-state index contributed by atoms with van der Waals surface area (Å²) in [6.07, 6.45) is -3.15. The van der Waals surface area contributed by atoms with Crippen LogP contribution >= 0.6 is 15.9 Å². The first kappa shape index (κ1) is 17.8. The van der Waals surface area contributed by atoms with Crippen molar-refractivity contribution in [3.05, 3.63) is 10.4 Å². The molecule has 3 amide bonds. The lowest BCUT2D eigenvalue weighted by Gasteiger charge is -2.44. The standard InChI is InChI=1S/C11H16BrN5O6/c1-11(12)8(19)14-10(20)17(9(11)21-2)7-3-5(23-16-15-13)6(4-18)22-7/h5-7,9,18H,3-4H2,1-2H3,(H,14,19,20)/t5?,6-,7-,9?,11?/m1/s1. The van der Waals surface area contributed by atoms with Gasteiger partial charge in [-0.1, -0.05) is 15.9 Å². The van der Waals surface area contributed by atoms with Crippen molar-refractivity contribution in [3.63, 3.8) is 0 Å². The molecule has 23 heavy (non-hydrogen) atoms. The van der Waals surface area contributed by atoms with Crippen LogP contribution < -0.4 is 5.32 Å².